The number of ether oxygens (including phenoxy) is 1. The zero-order valence-electron chi connectivity index (χ0n) is 19.1. The van der Waals surface area contributed by atoms with Gasteiger partial charge in [0.05, 0.1) is 12.5 Å². The van der Waals surface area contributed by atoms with Crippen LogP contribution in [-0.2, 0) is 11.2 Å². The Hall–Kier alpha value is -3.67. The van der Waals surface area contributed by atoms with Crippen molar-refractivity contribution >= 4 is 11.8 Å². The number of aromatic nitrogens is 1. The first-order chi connectivity index (χ1) is 16.1. The predicted molar refractivity (Wildman–Crippen MR) is 128 cm³/mol. The van der Waals surface area contributed by atoms with Crippen LogP contribution in [0.25, 0.3) is 11.1 Å². The molecule has 170 valence electrons. The number of nitrogens with zero attached hydrogens (tertiary/aromatic N) is 2. The fraction of sp³-hybridized carbons (Fsp3) is 0.296. The number of nitrogens with one attached hydrogen (secondary N) is 1. The summed E-state index contributed by atoms with van der Waals surface area (Å²) in [6, 6.07) is 19.2. The van der Waals surface area contributed by atoms with E-state index in [4.69, 9.17) is 4.74 Å². The summed E-state index contributed by atoms with van der Waals surface area (Å²) in [5.74, 6) is 0.523. The van der Waals surface area contributed by atoms with Gasteiger partial charge in [-0.3, -0.25) is 14.6 Å². The average Bonchev–Trinajstić information content (AvgIpc) is 2.88. The van der Waals surface area contributed by atoms with E-state index in [1.165, 1.54) is 0 Å². The normalized spacial score (nSPS) is 17.9. The minimum Gasteiger partial charge on any atom is -0.497 e. The van der Waals surface area contributed by atoms with Crippen molar-refractivity contribution in [1.29, 1.82) is 0 Å². The number of likely N-dealkylation sites (tertiary alicyclic amines) is 1. The smallest absolute Gasteiger partial charge is 0.254 e. The molecule has 3 aromatic rings. The van der Waals surface area contributed by atoms with E-state index in [0.717, 1.165) is 29.5 Å². The lowest BCUT2D eigenvalue weighted by Gasteiger charge is -2.42. The maximum Gasteiger partial charge on any atom is 0.254 e. The number of piperidine rings is 1. The van der Waals surface area contributed by atoms with Crippen LogP contribution in [0, 0.1) is 5.41 Å². The van der Waals surface area contributed by atoms with E-state index in [1.807, 2.05) is 42.6 Å². The fourth-order valence-electron chi connectivity index (χ4n) is 4.76. The highest BCUT2D eigenvalue weighted by Crippen LogP contribution is 2.37. The molecule has 0 aliphatic carbocycles. The lowest BCUT2D eigenvalue weighted by atomic mass is 9.73. The van der Waals surface area contributed by atoms with E-state index in [2.05, 4.69) is 22.4 Å². The van der Waals surface area contributed by atoms with Gasteiger partial charge in [-0.1, -0.05) is 36.4 Å². The van der Waals surface area contributed by atoms with E-state index in [-0.39, 0.29) is 11.8 Å². The zero-order valence-corrected chi connectivity index (χ0v) is 19.1. The highest BCUT2D eigenvalue weighted by Gasteiger charge is 2.43. The number of hydrogen-bond donors (Lipinski definition) is 1. The molecule has 1 N–H and O–H groups in total. The molecule has 4 rings (SSSR count). The average molecular weight is 444 g/mol. The number of carbonyl (C=O) groups is 2. The van der Waals surface area contributed by atoms with Crippen LogP contribution in [0.1, 0.15) is 28.8 Å². The van der Waals surface area contributed by atoms with Gasteiger partial charge < -0.3 is 15.0 Å². The first-order valence-corrected chi connectivity index (χ1v) is 11.2. The van der Waals surface area contributed by atoms with Crippen molar-refractivity contribution in [3.05, 3.63) is 84.2 Å². The molecule has 1 aliphatic heterocycles. The van der Waals surface area contributed by atoms with E-state index in [0.29, 0.717) is 30.8 Å². The van der Waals surface area contributed by atoms with Crippen LogP contribution in [0.3, 0.4) is 0 Å². The van der Waals surface area contributed by atoms with Crippen LogP contribution in [0.5, 0.6) is 5.75 Å². The number of amides is 2. The number of carbonyl (C=O) groups excluding carboxylic acids is 2. The molecule has 1 saturated heterocycles. The van der Waals surface area contributed by atoms with Gasteiger partial charge in [0.25, 0.3) is 5.91 Å². The van der Waals surface area contributed by atoms with Crippen molar-refractivity contribution in [3.8, 4) is 16.9 Å². The highest BCUT2D eigenvalue weighted by molar-refractivity contribution is 5.95. The van der Waals surface area contributed by atoms with Gasteiger partial charge in [-0.05, 0) is 54.7 Å². The maximum atomic E-state index is 13.3. The molecule has 1 aromatic heterocycles. The van der Waals surface area contributed by atoms with E-state index in [1.54, 1.807) is 37.4 Å². The molecule has 1 unspecified atom stereocenters. The summed E-state index contributed by atoms with van der Waals surface area (Å²) in [4.78, 5) is 32.7. The topological polar surface area (TPSA) is 71.5 Å². The van der Waals surface area contributed by atoms with Gasteiger partial charge in [0.1, 0.15) is 5.75 Å². The van der Waals surface area contributed by atoms with Crippen LogP contribution in [0.2, 0.25) is 0 Å². The van der Waals surface area contributed by atoms with Gasteiger partial charge in [0.2, 0.25) is 5.91 Å². The molecule has 0 bridgehead atoms. The molecule has 2 aromatic carbocycles. The second-order valence-corrected chi connectivity index (χ2v) is 8.50. The number of hydrogen-bond acceptors (Lipinski definition) is 4. The molecule has 0 saturated carbocycles. The second-order valence-electron chi connectivity index (χ2n) is 8.50. The lowest BCUT2D eigenvalue weighted by Crippen LogP contribution is -2.54. The predicted octanol–water partition coefficient (Wildman–Crippen LogP) is 3.97. The van der Waals surface area contributed by atoms with Crippen LogP contribution in [-0.4, -0.2) is 48.9 Å². The molecule has 0 spiro atoms. The van der Waals surface area contributed by atoms with Crippen LogP contribution >= 0.6 is 0 Å². The van der Waals surface area contributed by atoms with Gasteiger partial charge >= 0.3 is 0 Å². The van der Waals surface area contributed by atoms with E-state index >= 15 is 0 Å². The van der Waals surface area contributed by atoms with Crippen molar-refractivity contribution in [3.63, 3.8) is 0 Å². The Balaban J connectivity index is 1.66. The molecular weight excluding hydrogens is 414 g/mol. The van der Waals surface area contributed by atoms with E-state index in [9.17, 15) is 9.59 Å². The van der Waals surface area contributed by atoms with Crippen molar-refractivity contribution in [2.45, 2.75) is 19.3 Å². The van der Waals surface area contributed by atoms with Crippen molar-refractivity contribution in [2.24, 2.45) is 5.41 Å². The standard InChI is InChI=1S/C27H29N3O3/c1-28-26(32)27(17-21-8-3-4-12-24(21)22-10-6-14-29-18-22)13-7-15-30(19-27)25(31)20-9-5-11-23(16-20)33-2/h3-6,8-12,14,16,18H,7,13,15,17,19H2,1-2H3,(H,28,32). The number of methoxy groups -OCH3 is 1. The number of rotatable bonds is 6. The van der Waals surface area contributed by atoms with Gasteiger partial charge in [0, 0.05) is 43.7 Å². The second kappa shape index (κ2) is 9.86. The van der Waals surface area contributed by atoms with E-state index < -0.39 is 5.41 Å². The Kier molecular flexibility index (Phi) is 6.73. The van der Waals surface area contributed by atoms with Gasteiger partial charge in [-0.2, -0.15) is 0 Å². The van der Waals surface area contributed by atoms with Crippen molar-refractivity contribution in [2.75, 3.05) is 27.2 Å². The third-order valence-corrected chi connectivity index (χ3v) is 6.41. The molecule has 33 heavy (non-hydrogen) atoms. The Morgan fingerprint density at radius 3 is 2.73 bits per heavy atom. The lowest BCUT2D eigenvalue weighted by molar-refractivity contribution is -0.133. The summed E-state index contributed by atoms with van der Waals surface area (Å²) in [5, 5.41) is 2.86. The third-order valence-electron chi connectivity index (χ3n) is 6.41. The SMILES string of the molecule is CNC(=O)C1(Cc2ccccc2-c2cccnc2)CCCN(C(=O)c2cccc(OC)c2)C1. The van der Waals surface area contributed by atoms with Crippen LogP contribution in [0.15, 0.2) is 73.1 Å². The fourth-order valence-corrected chi connectivity index (χ4v) is 4.76. The number of pyridine rings is 1. The molecular formula is C27H29N3O3. The third kappa shape index (κ3) is 4.75. The molecule has 1 fully saturated rings. The highest BCUT2D eigenvalue weighted by atomic mass is 16.5. The molecule has 2 heterocycles. The summed E-state index contributed by atoms with van der Waals surface area (Å²) in [6.45, 7) is 0.989. The summed E-state index contributed by atoms with van der Waals surface area (Å²) in [7, 11) is 3.25. The van der Waals surface area contributed by atoms with Gasteiger partial charge in [0.15, 0.2) is 0 Å². The Bertz CT molecular complexity index is 1130. The van der Waals surface area contributed by atoms with Gasteiger partial charge in [-0.25, -0.2) is 0 Å². The summed E-state index contributed by atoms with van der Waals surface area (Å²) < 4.78 is 5.28. The first-order valence-electron chi connectivity index (χ1n) is 11.2. The van der Waals surface area contributed by atoms with Crippen molar-refractivity contribution in [1.82, 2.24) is 15.2 Å². The Morgan fingerprint density at radius 2 is 1.97 bits per heavy atom. The Labute approximate surface area is 194 Å². The molecule has 1 aliphatic rings. The molecule has 6 nitrogen and oxygen atoms in total. The molecule has 0 radical (unpaired) electrons. The molecule has 2 amide bonds. The molecule has 6 heteroatoms. The maximum absolute atomic E-state index is 13.3. The van der Waals surface area contributed by atoms with Crippen LogP contribution < -0.4 is 10.1 Å². The Morgan fingerprint density at radius 1 is 1.12 bits per heavy atom. The first kappa shape index (κ1) is 22.5. The minimum atomic E-state index is -0.708. The zero-order chi connectivity index (χ0) is 23.3. The quantitative estimate of drug-likeness (QED) is 0.626. The number of benzene rings is 2. The van der Waals surface area contributed by atoms with Crippen molar-refractivity contribution < 1.29 is 14.3 Å². The summed E-state index contributed by atoms with van der Waals surface area (Å²) in [6.07, 6.45) is 5.61. The van der Waals surface area contributed by atoms with Gasteiger partial charge in [-0.15, -0.1) is 0 Å². The summed E-state index contributed by atoms with van der Waals surface area (Å²) >= 11 is 0. The largest absolute Gasteiger partial charge is 0.497 e. The molecule has 1 atom stereocenters. The monoisotopic (exact) mass is 443 g/mol. The van der Waals surface area contributed by atoms with Crippen LogP contribution in [0.4, 0.5) is 0 Å². The summed E-state index contributed by atoms with van der Waals surface area (Å²) in [5.41, 5.74) is 3.01. The minimum absolute atomic E-state index is 0.0355.